The number of benzene rings is 1. The largest absolute Gasteiger partial charge is 0.462 e. The predicted octanol–water partition coefficient (Wildman–Crippen LogP) is 3.04. The molecule has 3 aromatic rings. The first kappa shape index (κ1) is 16.6. The summed E-state index contributed by atoms with van der Waals surface area (Å²) in [5.41, 5.74) is 1.39. The molecule has 0 radical (unpaired) electrons. The van der Waals surface area contributed by atoms with Gasteiger partial charge in [-0.2, -0.15) is 0 Å². The second-order valence-electron chi connectivity index (χ2n) is 5.71. The molecule has 0 saturated heterocycles. The van der Waals surface area contributed by atoms with E-state index in [1.165, 1.54) is 10.8 Å². The number of aromatic nitrogens is 2. The van der Waals surface area contributed by atoms with Crippen molar-refractivity contribution in [3.8, 4) is 5.69 Å². The summed E-state index contributed by atoms with van der Waals surface area (Å²) in [6.07, 6.45) is 2.91. The molecule has 1 N–H and O–H groups in total. The van der Waals surface area contributed by atoms with Crippen LogP contribution in [-0.2, 0) is 11.8 Å². The molecular formula is C19H19N3O3. The summed E-state index contributed by atoms with van der Waals surface area (Å²) >= 11 is 0. The number of carbonyl (C=O) groups excluding carboxylic acids is 1. The lowest BCUT2D eigenvalue weighted by atomic mass is 10.3. The summed E-state index contributed by atoms with van der Waals surface area (Å²) < 4.78 is 8.61. The number of anilines is 1. The molecule has 1 amide bonds. The Balaban J connectivity index is 1.87. The number of aryl methyl sites for hydroxylation is 1. The molecule has 0 aliphatic rings. The number of para-hydroxylation sites is 1. The normalized spacial score (nSPS) is 11.2. The van der Waals surface area contributed by atoms with Crippen LogP contribution >= 0.6 is 0 Å². The minimum Gasteiger partial charge on any atom is -0.462 e. The monoisotopic (exact) mass is 337 g/mol. The molecule has 0 aliphatic heterocycles. The van der Waals surface area contributed by atoms with Crippen molar-refractivity contribution < 1.29 is 9.21 Å². The van der Waals surface area contributed by atoms with E-state index < -0.39 is 0 Å². The molecule has 0 unspecified atom stereocenters. The molecule has 6 heteroatoms. The van der Waals surface area contributed by atoms with E-state index in [9.17, 15) is 9.59 Å². The van der Waals surface area contributed by atoms with Crippen LogP contribution in [0, 0.1) is 13.8 Å². The number of hydrogen-bond acceptors (Lipinski definition) is 3. The molecule has 0 saturated carbocycles. The zero-order valence-electron chi connectivity index (χ0n) is 14.3. The quantitative estimate of drug-likeness (QED) is 0.744. The van der Waals surface area contributed by atoms with Crippen molar-refractivity contribution >= 4 is 17.7 Å². The second-order valence-corrected chi connectivity index (χ2v) is 5.71. The van der Waals surface area contributed by atoms with E-state index in [2.05, 4.69) is 5.32 Å². The van der Waals surface area contributed by atoms with Crippen LogP contribution in [0.5, 0.6) is 0 Å². The second kappa shape index (κ2) is 6.68. The fraction of sp³-hybridized carbons (Fsp3) is 0.158. The van der Waals surface area contributed by atoms with Crippen LogP contribution < -0.4 is 10.9 Å². The van der Waals surface area contributed by atoms with Crippen molar-refractivity contribution in [2.45, 2.75) is 13.8 Å². The zero-order valence-corrected chi connectivity index (χ0v) is 14.3. The summed E-state index contributed by atoms with van der Waals surface area (Å²) in [6.45, 7) is 3.62. The number of furan rings is 1. The number of carbonyl (C=O) groups is 1. The van der Waals surface area contributed by atoms with Crippen molar-refractivity contribution in [2.75, 3.05) is 5.32 Å². The number of amides is 1. The van der Waals surface area contributed by atoms with E-state index in [0.717, 1.165) is 11.4 Å². The fourth-order valence-electron chi connectivity index (χ4n) is 2.58. The van der Waals surface area contributed by atoms with Gasteiger partial charge in [-0.05, 0) is 44.2 Å². The Morgan fingerprint density at radius 1 is 1.12 bits per heavy atom. The summed E-state index contributed by atoms with van der Waals surface area (Å²) in [7, 11) is 1.78. The Labute approximate surface area is 145 Å². The van der Waals surface area contributed by atoms with Crippen LogP contribution in [0.25, 0.3) is 11.8 Å². The molecule has 6 nitrogen and oxygen atoms in total. The van der Waals surface area contributed by atoms with Gasteiger partial charge in [-0.1, -0.05) is 18.2 Å². The average Bonchev–Trinajstić information content (AvgIpc) is 3.11. The highest BCUT2D eigenvalue weighted by atomic mass is 16.3. The van der Waals surface area contributed by atoms with Crippen LogP contribution in [-0.4, -0.2) is 15.3 Å². The van der Waals surface area contributed by atoms with Gasteiger partial charge < -0.3 is 9.73 Å². The van der Waals surface area contributed by atoms with Gasteiger partial charge in [0.05, 0.1) is 11.4 Å². The maximum atomic E-state index is 12.7. The third kappa shape index (κ3) is 3.33. The van der Waals surface area contributed by atoms with Gasteiger partial charge in [0, 0.05) is 13.1 Å². The molecule has 1 aromatic carbocycles. The predicted molar refractivity (Wildman–Crippen MR) is 96.9 cm³/mol. The van der Waals surface area contributed by atoms with Crippen molar-refractivity contribution in [1.29, 1.82) is 0 Å². The van der Waals surface area contributed by atoms with E-state index in [4.69, 9.17) is 4.42 Å². The average molecular weight is 337 g/mol. The van der Waals surface area contributed by atoms with Gasteiger partial charge in [-0.3, -0.25) is 14.3 Å². The van der Waals surface area contributed by atoms with Gasteiger partial charge in [0.15, 0.2) is 0 Å². The standard InChI is InChI=1S/C19H19N3O3/c1-13-9-10-16(25-13)11-12-17(23)20-18-14(2)21(3)22(19(18)24)15-7-5-4-6-8-15/h4-12H,1-3H3,(H,20,23)/b12-11+. The molecular weight excluding hydrogens is 318 g/mol. The van der Waals surface area contributed by atoms with E-state index in [1.807, 2.05) is 43.3 Å². The van der Waals surface area contributed by atoms with Crippen LogP contribution in [0.2, 0.25) is 0 Å². The molecule has 0 fully saturated rings. The summed E-state index contributed by atoms with van der Waals surface area (Å²) in [5, 5.41) is 2.66. The van der Waals surface area contributed by atoms with Crippen LogP contribution in [0.1, 0.15) is 17.2 Å². The molecule has 0 bridgehead atoms. The summed E-state index contributed by atoms with van der Waals surface area (Å²) in [6, 6.07) is 12.9. The highest BCUT2D eigenvalue weighted by Crippen LogP contribution is 2.14. The minimum atomic E-state index is -0.389. The fourth-order valence-corrected chi connectivity index (χ4v) is 2.58. The third-order valence-electron chi connectivity index (χ3n) is 3.96. The van der Waals surface area contributed by atoms with Gasteiger partial charge in [0.1, 0.15) is 17.2 Å². The Morgan fingerprint density at radius 2 is 1.84 bits per heavy atom. The Hall–Kier alpha value is -3.28. The van der Waals surface area contributed by atoms with Crippen LogP contribution in [0.3, 0.4) is 0 Å². The highest BCUT2D eigenvalue weighted by molar-refractivity contribution is 6.02. The van der Waals surface area contributed by atoms with Crippen molar-refractivity contribution in [2.24, 2.45) is 7.05 Å². The molecule has 2 aromatic heterocycles. The minimum absolute atomic E-state index is 0.261. The van der Waals surface area contributed by atoms with Gasteiger partial charge in [-0.25, -0.2) is 4.68 Å². The van der Waals surface area contributed by atoms with Gasteiger partial charge >= 0.3 is 0 Å². The molecule has 3 rings (SSSR count). The maximum Gasteiger partial charge on any atom is 0.295 e. The lowest BCUT2D eigenvalue weighted by molar-refractivity contribution is -0.111. The smallest absolute Gasteiger partial charge is 0.295 e. The van der Waals surface area contributed by atoms with Gasteiger partial charge in [0.25, 0.3) is 5.56 Å². The number of nitrogens with one attached hydrogen (secondary N) is 1. The third-order valence-corrected chi connectivity index (χ3v) is 3.96. The molecule has 0 aliphatic carbocycles. The zero-order chi connectivity index (χ0) is 18.0. The highest BCUT2D eigenvalue weighted by Gasteiger charge is 2.17. The Bertz CT molecular complexity index is 991. The summed E-state index contributed by atoms with van der Waals surface area (Å²) in [4.78, 5) is 24.9. The van der Waals surface area contributed by atoms with E-state index in [0.29, 0.717) is 11.5 Å². The Morgan fingerprint density at radius 3 is 2.48 bits per heavy atom. The SMILES string of the molecule is Cc1ccc(/C=C/C(=O)Nc2c(C)n(C)n(-c3ccccc3)c2=O)o1. The lowest BCUT2D eigenvalue weighted by Crippen LogP contribution is -2.22. The van der Waals surface area contributed by atoms with Crippen LogP contribution in [0.4, 0.5) is 5.69 Å². The van der Waals surface area contributed by atoms with E-state index >= 15 is 0 Å². The molecule has 2 heterocycles. The first-order valence-corrected chi connectivity index (χ1v) is 7.87. The molecule has 0 spiro atoms. The van der Waals surface area contributed by atoms with Gasteiger partial charge in [0.2, 0.25) is 5.91 Å². The topological polar surface area (TPSA) is 69.2 Å². The number of rotatable bonds is 4. The first-order chi connectivity index (χ1) is 12.0. The van der Waals surface area contributed by atoms with Crippen molar-refractivity contribution in [3.05, 3.63) is 76.1 Å². The molecule has 25 heavy (non-hydrogen) atoms. The van der Waals surface area contributed by atoms with Crippen LogP contribution in [0.15, 0.2) is 57.8 Å². The van der Waals surface area contributed by atoms with Gasteiger partial charge in [-0.15, -0.1) is 0 Å². The molecule has 128 valence electrons. The Kier molecular flexibility index (Phi) is 4.43. The number of nitrogens with zero attached hydrogens (tertiary/aromatic N) is 2. The summed E-state index contributed by atoms with van der Waals surface area (Å²) in [5.74, 6) is 0.962. The van der Waals surface area contributed by atoms with E-state index in [1.54, 1.807) is 30.8 Å². The lowest BCUT2D eigenvalue weighted by Gasteiger charge is -2.07. The van der Waals surface area contributed by atoms with E-state index in [-0.39, 0.29) is 17.2 Å². The number of hydrogen-bond donors (Lipinski definition) is 1. The van der Waals surface area contributed by atoms with Crippen molar-refractivity contribution in [1.82, 2.24) is 9.36 Å². The van der Waals surface area contributed by atoms with Crippen molar-refractivity contribution in [3.63, 3.8) is 0 Å². The first-order valence-electron chi connectivity index (χ1n) is 7.87. The maximum absolute atomic E-state index is 12.7. The molecule has 0 atom stereocenters.